The minimum atomic E-state index is 0.756. The molecule has 0 atom stereocenters. The summed E-state index contributed by atoms with van der Waals surface area (Å²) in [6.07, 6.45) is 1.86. The van der Waals surface area contributed by atoms with Gasteiger partial charge in [-0.3, -0.25) is 10.3 Å². The Morgan fingerprint density at radius 2 is 2.35 bits per heavy atom. The number of nitrogens with zero attached hydrogens (tertiary/aromatic N) is 2. The van der Waals surface area contributed by atoms with E-state index in [2.05, 4.69) is 49.7 Å². The first-order valence-corrected chi connectivity index (χ1v) is 7.49. The van der Waals surface area contributed by atoms with Crippen molar-refractivity contribution in [2.45, 2.75) is 13.1 Å². The van der Waals surface area contributed by atoms with Crippen LogP contribution in [0.15, 0.2) is 21.4 Å². The minimum absolute atomic E-state index is 0.756. The van der Waals surface area contributed by atoms with Gasteiger partial charge in [-0.2, -0.15) is 0 Å². The molecule has 92 valence electrons. The zero-order valence-corrected chi connectivity index (χ0v) is 12.5. The normalized spacial score (nSPS) is 11.1. The summed E-state index contributed by atoms with van der Waals surface area (Å²) >= 11 is 6.77. The largest absolute Gasteiger partial charge is 0.300 e. The number of nitrogen functional groups attached to an aromatic ring is 1. The first-order valence-electron chi connectivity index (χ1n) is 5.00. The van der Waals surface area contributed by atoms with Crippen molar-refractivity contribution in [2.75, 3.05) is 12.5 Å². The molecule has 7 heteroatoms. The van der Waals surface area contributed by atoms with E-state index in [4.69, 9.17) is 5.84 Å². The van der Waals surface area contributed by atoms with Crippen LogP contribution < -0.4 is 11.3 Å². The van der Waals surface area contributed by atoms with Gasteiger partial charge in [-0.1, -0.05) is 11.3 Å². The molecule has 0 unspecified atom stereocenters. The zero-order chi connectivity index (χ0) is 12.3. The second-order valence-corrected chi connectivity index (χ2v) is 7.11. The van der Waals surface area contributed by atoms with Gasteiger partial charge in [0.25, 0.3) is 0 Å². The SMILES string of the molecule is CN(Cc1csc(Br)c1)Cc1cnc(NN)s1. The molecule has 4 nitrogen and oxygen atoms in total. The lowest BCUT2D eigenvalue weighted by molar-refractivity contribution is 0.322. The molecule has 2 aromatic rings. The molecule has 2 aromatic heterocycles. The molecule has 0 aromatic carbocycles. The molecule has 2 rings (SSSR count). The van der Waals surface area contributed by atoms with Gasteiger partial charge in [-0.15, -0.1) is 11.3 Å². The summed E-state index contributed by atoms with van der Waals surface area (Å²) in [4.78, 5) is 7.60. The Bertz CT molecular complexity index is 482. The fourth-order valence-corrected chi connectivity index (χ4v) is 3.51. The van der Waals surface area contributed by atoms with Crippen LogP contribution in [0.3, 0.4) is 0 Å². The average Bonchev–Trinajstić information content (AvgIpc) is 2.88. The van der Waals surface area contributed by atoms with Crippen LogP contribution in [0.5, 0.6) is 0 Å². The lowest BCUT2D eigenvalue weighted by Gasteiger charge is -2.13. The summed E-state index contributed by atoms with van der Waals surface area (Å²) in [7, 11) is 2.10. The topological polar surface area (TPSA) is 54.2 Å². The number of rotatable bonds is 5. The fraction of sp³-hybridized carbons (Fsp3) is 0.300. The van der Waals surface area contributed by atoms with Crippen LogP contribution in [0.25, 0.3) is 0 Å². The van der Waals surface area contributed by atoms with Crippen molar-refractivity contribution in [1.29, 1.82) is 0 Å². The fourth-order valence-electron chi connectivity index (χ4n) is 1.51. The second-order valence-electron chi connectivity index (χ2n) is 3.71. The Morgan fingerprint density at radius 3 is 2.94 bits per heavy atom. The van der Waals surface area contributed by atoms with E-state index in [1.54, 1.807) is 22.7 Å². The Labute approximate surface area is 117 Å². The molecule has 0 bridgehead atoms. The van der Waals surface area contributed by atoms with Crippen LogP contribution in [0, 0.1) is 0 Å². The van der Waals surface area contributed by atoms with Crippen molar-refractivity contribution in [1.82, 2.24) is 9.88 Å². The average molecular weight is 333 g/mol. The van der Waals surface area contributed by atoms with Gasteiger partial charge in [-0.25, -0.2) is 10.8 Å². The van der Waals surface area contributed by atoms with E-state index >= 15 is 0 Å². The summed E-state index contributed by atoms with van der Waals surface area (Å²) in [5.74, 6) is 5.30. The van der Waals surface area contributed by atoms with Crippen LogP contribution >= 0.6 is 38.6 Å². The summed E-state index contributed by atoms with van der Waals surface area (Å²) in [5, 5.41) is 2.92. The van der Waals surface area contributed by atoms with Crippen molar-refractivity contribution in [3.8, 4) is 0 Å². The highest BCUT2D eigenvalue weighted by atomic mass is 79.9. The highest BCUT2D eigenvalue weighted by Crippen LogP contribution is 2.23. The first-order chi connectivity index (χ1) is 8.17. The van der Waals surface area contributed by atoms with E-state index in [0.717, 1.165) is 18.2 Å². The number of hydrogen-bond acceptors (Lipinski definition) is 6. The van der Waals surface area contributed by atoms with Gasteiger partial charge in [0.1, 0.15) is 0 Å². The number of hydrogen-bond donors (Lipinski definition) is 2. The number of thiazole rings is 1. The van der Waals surface area contributed by atoms with Crippen molar-refractivity contribution in [3.63, 3.8) is 0 Å². The first kappa shape index (κ1) is 13.0. The zero-order valence-electron chi connectivity index (χ0n) is 9.31. The summed E-state index contributed by atoms with van der Waals surface area (Å²) in [5.41, 5.74) is 3.88. The van der Waals surface area contributed by atoms with Gasteiger partial charge < -0.3 is 0 Å². The lowest BCUT2D eigenvalue weighted by Crippen LogP contribution is -2.16. The standard InChI is InChI=1S/C10H13BrN4S2/c1-15(4-7-2-9(11)16-6-7)5-8-3-13-10(14-12)17-8/h2-3,6H,4-5,12H2,1H3,(H,13,14). The summed E-state index contributed by atoms with van der Waals surface area (Å²) in [6.45, 7) is 1.82. The van der Waals surface area contributed by atoms with Gasteiger partial charge in [-0.05, 0) is 40.0 Å². The highest BCUT2D eigenvalue weighted by Gasteiger charge is 2.06. The number of halogens is 1. The van der Waals surface area contributed by atoms with E-state index in [-0.39, 0.29) is 0 Å². The third kappa shape index (κ3) is 3.75. The van der Waals surface area contributed by atoms with E-state index < -0.39 is 0 Å². The number of anilines is 1. The predicted octanol–water partition coefficient (Wildman–Crippen LogP) is 2.88. The van der Waals surface area contributed by atoms with Gasteiger partial charge >= 0.3 is 0 Å². The third-order valence-electron chi connectivity index (χ3n) is 2.18. The van der Waals surface area contributed by atoms with Gasteiger partial charge in [0.2, 0.25) is 0 Å². The lowest BCUT2D eigenvalue weighted by atomic mass is 10.3. The van der Waals surface area contributed by atoms with E-state index in [9.17, 15) is 0 Å². The van der Waals surface area contributed by atoms with Crippen LogP contribution in [-0.4, -0.2) is 16.9 Å². The van der Waals surface area contributed by atoms with Gasteiger partial charge in [0.15, 0.2) is 5.13 Å². The van der Waals surface area contributed by atoms with E-state index in [0.29, 0.717) is 0 Å². The van der Waals surface area contributed by atoms with Crippen LogP contribution in [-0.2, 0) is 13.1 Å². The number of hydrazine groups is 1. The minimum Gasteiger partial charge on any atom is -0.300 e. The highest BCUT2D eigenvalue weighted by molar-refractivity contribution is 9.11. The Morgan fingerprint density at radius 1 is 1.53 bits per heavy atom. The second kappa shape index (κ2) is 5.92. The molecule has 0 aliphatic heterocycles. The van der Waals surface area contributed by atoms with Crippen LogP contribution in [0.1, 0.15) is 10.4 Å². The maximum Gasteiger partial charge on any atom is 0.197 e. The smallest absolute Gasteiger partial charge is 0.197 e. The number of aromatic nitrogens is 1. The number of thiophene rings is 1. The van der Waals surface area contributed by atoms with Crippen molar-refractivity contribution < 1.29 is 0 Å². The predicted molar refractivity (Wildman–Crippen MR) is 77.1 cm³/mol. The summed E-state index contributed by atoms with van der Waals surface area (Å²) < 4.78 is 1.17. The Balaban J connectivity index is 1.90. The third-order valence-corrected chi connectivity index (χ3v) is 4.64. The molecule has 0 aliphatic carbocycles. The maximum atomic E-state index is 5.30. The molecule has 3 N–H and O–H groups in total. The molecule has 17 heavy (non-hydrogen) atoms. The molecule has 0 radical (unpaired) electrons. The molecular weight excluding hydrogens is 320 g/mol. The molecule has 2 heterocycles. The van der Waals surface area contributed by atoms with E-state index in [1.807, 2.05) is 6.20 Å². The number of nitrogens with one attached hydrogen (secondary N) is 1. The molecule has 0 fully saturated rings. The van der Waals surface area contributed by atoms with Gasteiger partial charge in [0, 0.05) is 24.2 Å². The number of nitrogens with two attached hydrogens (primary N) is 1. The Kier molecular flexibility index (Phi) is 4.52. The van der Waals surface area contributed by atoms with Crippen LogP contribution in [0.2, 0.25) is 0 Å². The quantitative estimate of drug-likeness (QED) is 0.653. The maximum absolute atomic E-state index is 5.30. The molecule has 0 saturated heterocycles. The van der Waals surface area contributed by atoms with E-state index in [1.165, 1.54) is 14.2 Å². The Hall–Kier alpha value is -0.470. The summed E-state index contributed by atoms with van der Waals surface area (Å²) in [6, 6.07) is 2.15. The molecule has 0 amide bonds. The molecular formula is C10H13BrN4S2. The molecule has 0 aliphatic rings. The molecule has 0 spiro atoms. The van der Waals surface area contributed by atoms with Gasteiger partial charge in [0.05, 0.1) is 3.79 Å². The van der Waals surface area contributed by atoms with Crippen molar-refractivity contribution in [3.05, 3.63) is 31.9 Å². The molecule has 0 saturated carbocycles. The monoisotopic (exact) mass is 332 g/mol. The van der Waals surface area contributed by atoms with Crippen molar-refractivity contribution >= 4 is 43.7 Å². The van der Waals surface area contributed by atoms with Crippen LogP contribution in [0.4, 0.5) is 5.13 Å². The van der Waals surface area contributed by atoms with Crippen molar-refractivity contribution in [2.24, 2.45) is 5.84 Å².